The van der Waals surface area contributed by atoms with Crippen molar-refractivity contribution in [3.8, 4) is 39.7 Å². The minimum absolute atomic E-state index is 0.827. The molecular formula is C23H20N2O. The molecule has 0 saturated heterocycles. The van der Waals surface area contributed by atoms with Crippen LogP contribution in [0.5, 0.6) is 5.75 Å². The van der Waals surface area contributed by atoms with Crippen molar-refractivity contribution in [1.29, 1.82) is 0 Å². The summed E-state index contributed by atoms with van der Waals surface area (Å²) in [5.41, 5.74) is 5.33. The molecule has 3 aromatic carbocycles. The molecule has 0 aliphatic heterocycles. The Balaban J connectivity index is 1.97. The summed E-state index contributed by atoms with van der Waals surface area (Å²) < 4.78 is 7.58. The van der Waals surface area contributed by atoms with Crippen LogP contribution in [0.1, 0.15) is 0 Å². The van der Waals surface area contributed by atoms with Gasteiger partial charge in [0.2, 0.25) is 0 Å². The van der Waals surface area contributed by atoms with E-state index in [2.05, 4.69) is 54.1 Å². The second-order valence-electron chi connectivity index (χ2n) is 6.16. The molecule has 0 aliphatic carbocycles. The van der Waals surface area contributed by atoms with Gasteiger partial charge in [0, 0.05) is 23.7 Å². The molecular weight excluding hydrogens is 320 g/mol. The predicted octanol–water partition coefficient (Wildman–Crippen LogP) is 5.43. The topological polar surface area (TPSA) is 27.1 Å². The monoisotopic (exact) mass is 340 g/mol. The molecule has 0 amide bonds. The molecule has 0 bridgehead atoms. The lowest BCUT2D eigenvalue weighted by Crippen LogP contribution is -1.95. The van der Waals surface area contributed by atoms with Crippen molar-refractivity contribution in [3.05, 3.63) is 84.9 Å². The van der Waals surface area contributed by atoms with E-state index in [0.29, 0.717) is 0 Å². The highest BCUT2D eigenvalue weighted by Crippen LogP contribution is 2.36. The van der Waals surface area contributed by atoms with Gasteiger partial charge in [-0.25, -0.2) is 4.98 Å². The smallest absolute Gasteiger partial charge is 0.140 e. The summed E-state index contributed by atoms with van der Waals surface area (Å²) in [6.07, 6.45) is 0. The van der Waals surface area contributed by atoms with Gasteiger partial charge in [-0.2, -0.15) is 0 Å². The first-order chi connectivity index (χ1) is 12.8. The highest BCUT2D eigenvalue weighted by atomic mass is 16.5. The third kappa shape index (κ3) is 2.88. The summed E-state index contributed by atoms with van der Waals surface area (Å²) in [6, 6.07) is 28.7. The minimum Gasteiger partial charge on any atom is -0.497 e. The third-order valence-electron chi connectivity index (χ3n) is 4.52. The average Bonchev–Trinajstić information content (AvgIpc) is 3.06. The van der Waals surface area contributed by atoms with E-state index in [1.165, 1.54) is 0 Å². The first kappa shape index (κ1) is 16.2. The molecule has 26 heavy (non-hydrogen) atoms. The van der Waals surface area contributed by atoms with E-state index in [-0.39, 0.29) is 0 Å². The quantitative estimate of drug-likeness (QED) is 0.495. The van der Waals surface area contributed by atoms with Crippen LogP contribution in [-0.2, 0) is 7.05 Å². The Morgan fingerprint density at radius 2 is 1.35 bits per heavy atom. The average molecular weight is 340 g/mol. The van der Waals surface area contributed by atoms with Gasteiger partial charge in [-0.15, -0.1) is 0 Å². The molecule has 0 atom stereocenters. The van der Waals surface area contributed by atoms with Gasteiger partial charge in [0.15, 0.2) is 0 Å². The number of aromatic nitrogens is 2. The van der Waals surface area contributed by atoms with E-state index in [4.69, 9.17) is 9.72 Å². The summed E-state index contributed by atoms with van der Waals surface area (Å²) in [4.78, 5) is 5.01. The van der Waals surface area contributed by atoms with Crippen LogP contribution in [-0.4, -0.2) is 16.7 Å². The summed E-state index contributed by atoms with van der Waals surface area (Å²) in [5.74, 6) is 1.77. The number of methoxy groups -OCH3 is 1. The van der Waals surface area contributed by atoms with Crippen LogP contribution in [0.3, 0.4) is 0 Å². The van der Waals surface area contributed by atoms with Gasteiger partial charge in [-0.05, 0) is 12.1 Å². The van der Waals surface area contributed by atoms with Gasteiger partial charge in [0.25, 0.3) is 0 Å². The second kappa shape index (κ2) is 6.89. The summed E-state index contributed by atoms with van der Waals surface area (Å²) in [6.45, 7) is 0. The molecule has 0 aliphatic rings. The molecule has 0 saturated carbocycles. The van der Waals surface area contributed by atoms with Crippen LogP contribution < -0.4 is 4.74 Å². The Morgan fingerprint density at radius 1 is 0.731 bits per heavy atom. The van der Waals surface area contributed by atoms with Crippen LogP contribution in [0.2, 0.25) is 0 Å². The van der Waals surface area contributed by atoms with Crippen molar-refractivity contribution in [2.45, 2.75) is 0 Å². The van der Waals surface area contributed by atoms with Crippen molar-refractivity contribution in [3.63, 3.8) is 0 Å². The Hall–Kier alpha value is -3.33. The maximum Gasteiger partial charge on any atom is 0.140 e. The molecule has 0 radical (unpaired) electrons. The lowest BCUT2D eigenvalue weighted by molar-refractivity contribution is 0.415. The van der Waals surface area contributed by atoms with Gasteiger partial charge in [0.1, 0.15) is 11.6 Å². The Bertz CT molecular complexity index is 1020. The first-order valence-corrected chi connectivity index (χ1v) is 8.60. The fourth-order valence-electron chi connectivity index (χ4n) is 3.24. The highest BCUT2D eigenvalue weighted by molar-refractivity contribution is 5.82. The maximum atomic E-state index is 5.41. The van der Waals surface area contributed by atoms with E-state index in [1.54, 1.807) is 7.11 Å². The normalized spacial score (nSPS) is 10.7. The van der Waals surface area contributed by atoms with Crippen LogP contribution in [0.15, 0.2) is 84.9 Å². The number of imidazole rings is 1. The molecule has 0 spiro atoms. The first-order valence-electron chi connectivity index (χ1n) is 8.60. The zero-order chi connectivity index (χ0) is 17.9. The summed E-state index contributed by atoms with van der Waals surface area (Å²) in [5, 5.41) is 0. The van der Waals surface area contributed by atoms with Crippen molar-refractivity contribution >= 4 is 0 Å². The maximum absolute atomic E-state index is 5.41. The molecule has 0 N–H and O–H groups in total. The lowest BCUT2D eigenvalue weighted by Gasteiger charge is -2.09. The van der Waals surface area contributed by atoms with E-state index < -0.39 is 0 Å². The van der Waals surface area contributed by atoms with Gasteiger partial charge in [0.05, 0.1) is 18.5 Å². The lowest BCUT2D eigenvalue weighted by atomic mass is 10.0. The fourth-order valence-corrected chi connectivity index (χ4v) is 3.24. The third-order valence-corrected chi connectivity index (χ3v) is 4.52. The molecule has 3 nitrogen and oxygen atoms in total. The Labute approximate surface area is 153 Å². The number of ether oxygens (including phenoxy) is 1. The number of nitrogens with zero attached hydrogens (tertiary/aromatic N) is 2. The SMILES string of the molecule is COc1cccc(-c2nc(-c3ccccc3)n(C)c2-c2ccccc2)c1. The number of rotatable bonds is 4. The molecule has 1 aromatic heterocycles. The fraction of sp³-hybridized carbons (Fsp3) is 0.0870. The predicted molar refractivity (Wildman–Crippen MR) is 106 cm³/mol. The van der Waals surface area contributed by atoms with Gasteiger partial charge < -0.3 is 9.30 Å². The highest BCUT2D eigenvalue weighted by Gasteiger charge is 2.19. The Morgan fingerprint density at radius 3 is 2.00 bits per heavy atom. The van der Waals surface area contributed by atoms with Gasteiger partial charge in [-0.1, -0.05) is 72.8 Å². The summed E-state index contributed by atoms with van der Waals surface area (Å²) >= 11 is 0. The van der Waals surface area contributed by atoms with Crippen LogP contribution in [0, 0.1) is 0 Å². The van der Waals surface area contributed by atoms with Crippen LogP contribution in [0.4, 0.5) is 0 Å². The van der Waals surface area contributed by atoms with Crippen molar-refractivity contribution < 1.29 is 4.74 Å². The molecule has 4 aromatic rings. The van der Waals surface area contributed by atoms with Crippen molar-refractivity contribution in [1.82, 2.24) is 9.55 Å². The molecule has 128 valence electrons. The zero-order valence-electron chi connectivity index (χ0n) is 14.9. The largest absolute Gasteiger partial charge is 0.497 e. The Kier molecular flexibility index (Phi) is 4.28. The van der Waals surface area contributed by atoms with Crippen LogP contribution >= 0.6 is 0 Å². The number of hydrogen-bond acceptors (Lipinski definition) is 2. The molecule has 0 unspecified atom stereocenters. The zero-order valence-corrected chi connectivity index (χ0v) is 14.9. The number of benzene rings is 3. The molecule has 4 rings (SSSR count). The van der Waals surface area contributed by atoms with Gasteiger partial charge in [-0.3, -0.25) is 0 Å². The number of hydrogen-bond donors (Lipinski definition) is 0. The van der Waals surface area contributed by atoms with Crippen molar-refractivity contribution in [2.24, 2.45) is 7.05 Å². The van der Waals surface area contributed by atoms with E-state index in [9.17, 15) is 0 Å². The molecule has 0 fully saturated rings. The van der Waals surface area contributed by atoms with Gasteiger partial charge >= 0.3 is 0 Å². The molecule has 1 heterocycles. The van der Waals surface area contributed by atoms with E-state index in [0.717, 1.165) is 39.7 Å². The second-order valence-corrected chi connectivity index (χ2v) is 6.16. The standard InChI is InChI=1S/C23H20N2O/c1-25-22(17-10-5-3-6-11-17)21(19-14-9-15-20(16-19)26-2)24-23(25)18-12-7-4-8-13-18/h3-16H,1-2H3. The summed E-state index contributed by atoms with van der Waals surface area (Å²) in [7, 11) is 3.76. The van der Waals surface area contributed by atoms with E-state index >= 15 is 0 Å². The molecule has 3 heteroatoms. The van der Waals surface area contributed by atoms with Crippen molar-refractivity contribution in [2.75, 3.05) is 7.11 Å². The van der Waals surface area contributed by atoms with Crippen LogP contribution in [0.25, 0.3) is 33.9 Å². The van der Waals surface area contributed by atoms with E-state index in [1.807, 2.05) is 42.5 Å². The minimum atomic E-state index is 0.827.